The van der Waals surface area contributed by atoms with E-state index in [2.05, 4.69) is 91.0 Å². The second-order valence-corrected chi connectivity index (χ2v) is 12.3. The van der Waals surface area contributed by atoms with Crippen molar-refractivity contribution in [2.75, 3.05) is 0 Å². The van der Waals surface area contributed by atoms with E-state index in [4.69, 9.17) is 4.80 Å². The van der Waals surface area contributed by atoms with Crippen LogP contribution in [0, 0.1) is 20.4 Å². The predicted molar refractivity (Wildman–Crippen MR) is 161 cm³/mol. The Bertz CT molecular complexity index is 790. The summed E-state index contributed by atoms with van der Waals surface area (Å²) < 4.78 is 3.34. The monoisotopic (exact) mass is 598 g/mol. The van der Waals surface area contributed by atoms with Crippen LogP contribution in [0.5, 0.6) is 0 Å². The third-order valence-corrected chi connectivity index (χ3v) is 3.11. The number of fused-ring (bicyclic) bond motifs is 3. The number of allylic oxidation sites excluding steroid dienone is 4. The van der Waals surface area contributed by atoms with E-state index < -0.39 is 8.32 Å². The standard InChI is InChI=1S/C13H9.C5H5.C3H10OSi.C2H6Si.C2H5.CH3.CH2.2ClH.Zr/c1-3-7-12-10(5-1)9-11-6-2-4-8-13(11)12;1-2-4-5-3-1;1-5(2,3)4;1-3-2;1-2;;;;;/h1-9H;1-3H,4H2;4H,1-3H3;1-2H3;1H2,2H3;1H3;1H2;2*1H;/q2*-1;;;2*-1;;;;. The minimum absolute atomic E-state index is 0. The van der Waals surface area contributed by atoms with Gasteiger partial charge in [-0.25, -0.2) is 12.2 Å². The van der Waals surface area contributed by atoms with Crippen molar-refractivity contribution in [1.29, 1.82) is 0 Å². The number of benzene rings is 2. The molecular weight excluding hydrogens is 559 g/mol. The number of hydrogen-bond acceptors (Lipinski definition) is 1. The molecule has 6 heteroatoms. The minimum Gasteiger partial charge on any atom is -0.358 e. The molecular formula is C27H42Cl2OSi2Zr-4. The average molecular weight is 601 g/mol. The molecule has 1 aliphatic carbocycles. The Morgan fingerprint density at radius 2 is 1.27 bits per heavy atom. The van der Waals surface area contributed by atoms with Crippen LogP contribution in [0.3, 0.4) is 0 Å². The molecule has 0 saturated carbocycles. The molecule has 1 N–H and O–H groups in total. The molecule has 0 amide bonds. The minimum atomic E-state index is -1.61. The third-order valence-electron chi connectivity index (χ3n) is 3.11. The molecule has 0 unspecified atom stereocenters. The Hall–Kier alpha value is -0.483. The third kappa shape index (κ3) is 23.0. The zero-order valence-electron chi connectivity index (χ0n) is 21.3. The van der Waals surface area contributed by atoms with Crippen LogP contribution in [-0.2, 0) is 24.2 Å². The SMILES string of the molecule is C[Si](C)(C)O.C[Si]C.Cl.Cl.[C-]1=CC=CC1.[CH2-]C.[CH2]=[Zr].[CH3-].c1ccc2c(c1)[cH-]c1ccccc12. The van der Waals surface area contributed by atoms with Crippen molar-refractivity contribution in [3.05, 3.63) is 93.3 Å². The van der Waals surface area contributed by atoms with E-state index in [0.29, 0.717) is 0 Å². The van der Waals surface area contributed by atoms with Crippen LogP contribution in [-0.4, -0.2) is 26.8 Å². The second-order valence-electron chi connectivity index (χ2n) is 6.99. The molecule has 3 aromatic carbocycles. The molecule has 4 rings (SSSR count). The zero-order chi connectivity index (χ0) is 23.4. The second kappa shape index (κ2) is 27.8. The normalized spacial score (nSPS) is 9.67. The molecule has 3 aromatic rings. The topological polar surface area (TPSA) is 20.2 Å². The van der Waals surface area contributed by atoms with Crippen molar-refractivity contribution in [2.45, 2.75) is 46.1 Å². The maximum atomic E-state index is 8.66. The number of rotatable bonds is 0. The molecule has 0 aromatic heterocycles. The zero-order valence-corrected chi connectivity index (χ0v) is 27.4. The first-order chi connectivity index (χ1) is 14.4. The summed E-state index contributed by atoms with van der Waals surface area (Å²) in [6.07, 6.45) is 10.0. The molecule has 33 heavy (non-hydrogen) atoms. The van der Waals surface area contributed by atoms with Gasteiger partial charge in [0.2, 0.25) is 0 Å². The maximum absolute atomic E-state index is 8.66. The van der Waals surface area contributed by atoms with Crippen molar-refractivity contribution in [3.63, 3.8) is 0 Å². The molecule has 0 fully saturated rings. The summed E-state index contributed by atoms with van der Waals surface area (Å²) in [5.41, 5.74) is 0. The van der Waals surface area contributed by atoms with Gasteiger partial charge in [-0.3, -0.25) is 6.08 Å². The summed E-state index contributed by atoms with van der Waals surface area (Å²) in [5.74, 6) is 0. The molecule has 186 valence electrons. The van der Waals surface area contributed by atoms with E-state index in [0.717, 1.165) is 15.9 Å². The smallest absolute Gasteiger partial charge is 0.0771 e. The van der Waals surface area contributed by atoms with Crippen molar-refractivity contribution in [1.82, 2.24) is 0 Å². The fourth-order valence-electron chi connectivity index (χ4n) is 2.24. The van der Waals surface area contributed by atoms with Gasteiger partial charge < -0.3 is 19.1 Å². The molecule has 0 atom stereocenters. The van der Waals surface area contributed by atoms with Gasteiger partial charge in [-0.1, -0.05) is 49.5 Å². The van der Waals surface area contributed by atoms with Gasteiger partial charge in [0.15, 0.2) is 8.32 Å². The van der Waals surface area contributed by atoms with Crippen LogP contribution >= 0.6 is 24.8 Å². The van der Waals surface area contributed by atoms with Crippen molar-refractivity contribution >= 4 is 68.4 Å². The number of halogens is 2. The van der Waals surface area contributed by atoms with Crippen LogP contribution in [0.4, 0.5) is 0 Å². The van der Waals surface area contributed by atoms with E-state index in [1.165, 1.54) is 45.8 Å². The van der Waals surface area contributed by atoms with E-state index in [1.54, 1.807) is 6.92 Å². The van der Waals surface area contributed by atoms with Crippen LogP contribution in [0.2, 0.25) is 32.7 Å². The average Bonchev–Trinajstić information content (AvgIpc) is 3.42. The van der Waals surface area contributed by atoms with Gasteiger partial charge in [-0.2, -0.15) is 13.0 Å². The van der Waals surface area contributed by atoms with Crippen LogP contribution in [0.25, 0.3) is 21.5 Å². The Labute approximate surface area is 235 Å². The largest absolute Gasteiger partial charge is 0.358 e. The molecule has 0 aliphatic heterocycles. The molecule has 1 nitrogen and oxygen atoms in total. The van der Waals surface area contributed by atoms with E-state index >= 15 is 0 Å². The Kier molecular flexibility index (Phi) is 35.9. The van der Waals surface area contributed by atoms with Crippen molar-refractivity contribution in [3.8, 4) is 0 Å². The van der Waals surface area contributed by atoms with Gasteiger partial charge in [-0.05, 0) is 19.6 Å². The molecule has 0 bridgehead atoms. The molecule has 2 radical (unpaired) electrons. The molecule has 0 heterocycles. The van der Waals surface area contributed by atoms with Gasteiger partial charge in [0.25, 0.3) is 0 Å². The number of hydrogen-bond donors (Lipinski definition) is 1. The van der Waals surface area contributed by atoms with Crippen LogP contribution in [0.15, 0.2) is 72.8 Å². The Morgan fingerprint density at radius 1 is 0.939 bits per heavy atom. The van der Waals surface area contributed by atoms with Crippen LogP contribution < -0.4 is 0 Å². The van der Waals surface area contributed by atoms with Gasteiger partial charge >= 0.3 is 28.4 Å². The summed E-state index contributed by atoms with van der Waals surface area (Å²) in [5, 5.41) is 5.39. The molecule has 0 saturated heterocycles. The van der Waals surface area contributed by atoms with Crippen molar-refractivity contribution < 1.29 is 29.0 Å². The first-order valence-electron chi connectivity index (χ1n) is 9.98. The van der Waals surface area contributed by atoms with Gasteiger partial charge in [0.1, 0.15) is 0 Å². The summed E-state index contributed by atoms with van der Waals surface area (Å²) in [4.78, 5) is 8.66. The fourth-order valence-corrected chi connectivity index (χ4v) is 2.24. The molecule has 1 aliphatic rings. The predicted octanol–water partition coefficient (Wildman–Crippen LogP) is 8.72. The van der Waals surface area contributed by atoms with Crippen molar-refractivity contribution in [2.24, 2.45) is 0 Å². The van der Waals surface area contributed by atoms with E-state index in [-0.39, 0.29) is 32.2 Å². The maximum Gasteiger partial charge on any atom is -0.0771 e. The first-order valence-corrected chi connectivity index (χ1v) is 17.2. The van der Waals surface area contributed by atoms with E-state index in [9.17, 15) is 0 Å². The summed E-state index contributed by atoms with van der Waals surface area (Å²) in [6, 6.07) is 19.3. The van der Waals surface area contributed by atoms with Crippen LogP contribution in [0.1, 0.15) is 13.3 Å². The summed E-state index contributed by atoms with van der Waals surface area (Å²) in [6.45, 7) is 15.0. The van der Waals surface area contributed by atoms with Gasteiger partial charge in [0, 0.05) is 9.52 Å². The summed E-state index contributed by atoms with van der Waals surface area (Å²) >= 11 is 1.30. The van der Waals surface area contributed by atoms with Gasteiger partial charge in [-0.15, -0.1) is 71.0 Å². The first kappa shape index (κ1) is 42.7. The Balaban J connectivity index is -0.000000112. The Morgan fingerprint density at radius 3 is 1.52 bits per heavy atom. The fraction of sp³-hybridized carbons (Fsp3) is 0.259. The summed E-state index contributed by atoms with van der Waals surface area (Å²) in [7, 11) is -0.528. The molecule has 0 spiro atoms. The quantitative estimate of drug-likeness (QED) is 0.202. The van der Waals surface area contributed by atoms with Gasteiger partial charge in [0.05, 0.1) is 0 Å². The van der Waals surface area contributed by atoms with E-state index in [1.807, 2.05) is 31.8 Å².